The first-order chi connectivity index (χ1) is 7.33. The van der Waals surface area contributed by atoms with Gasteiger partial charge in [-0.15, -0.1) is 5.10 Å². The molecule has 1 aromatic heterocycles. The van der Waals surface area contributed by atoms with Crippen LogP contribution in [0.4, 0.5) is 0 Å². The highest BCUT2D eigenvalue weighted by molar-refractivity contribution is 4.87. The molecule has 0 spiro atoms. The molecule has 6 nitrogen and oxygen atoms in total. The Balaban J connectivity index is 2.68. The summed E-state index contributed by atoms with van der Waals surface area (Å²) in [4.78, 5) is 0. The van der Waals surface area contributed by atoms with Crippen LogP contribution < -0.4 is 5.73 Å². The van der Waals surface area contributed by atoms with Gasteiger partial charge in [0.2, 0.25) is 0 Å². The first-order valence-corrected chi connectivity index (χ1v) is 5.41. The highest BCUT2D eigenvalue weighted by atomic mass is 16.5. The molecular weight excluding hydrogens is 194 g/mol. The number of nitrogens with two attached hydrogens (primary N) is 1. The number of nitrogens with zero attached hydrogens (tertiary/aromatic N) is 4. The molecule has 0 saturated heterocycles. The van der Waals surface area contributed by atoms with Gasteiger partial charge in [0, 0.05) is 13.2 Å². The molecule has 0 aliphatic carbocycles. The van der Waals surface area contributed by atoms with E-state index >= 15 is 0 Å². The fourth-order valence-electron chi connectivity index (χ4n) is 1.42. The van der Waals surface area contributed by atoms with E-state index in [-0.39, 0.29) is 6.10 Å². The first kappa shape index (κ1) is 12.1. The van der Waals surface area contributed by atoms with Crippen molar-refractivity contribution in [2.24, 2.45) is 5.73 Å². The van der Waals surface area contributed by atoms with Crippen molar-refractivity contribution in [3.8, 4) is 0 Å². The molecule has 1 aromatic rings. The maximum atomic E-state index is 5.56. The van der Waals surface area contributed by atoms with Crippen LogP contribution in [0.2, 0.25) is 0 Å². The van der Waals surface area contributed by atoms with Crippen LogP contribution in [0.5, 0.6) is 0 Å². The largest absolute Gasteiger partial charge is 0.370 e. The Morgan fingerprint density at radius 2 is 2.27 bits per heavy atom. The van der Waals surface area contributed by atoms with Gasteiger partial charge in [-0.2, -0.15) is 0 Å². The minimum Gasteiger partial charge on any atom is -0.370 e. The summed E-state index contributed by atoms with van der Waals surface area (Å²) >= 11 is 0. The van der Waals surface area contributed by atoms with Crippen molar-refractivity contribution in [1.29, 1.82) is 0 Å². The van der Waals surface area contributed by atoms with Gasteiger partial charge in [-0.3, -0.25) is 0 Å². The van der Waals surface area contributed by atoms with E-state index in [1.165, 1.54) is 0 Å². The van der Waals surface area contributed by atoms with Gasteiger partial charge in [-0.25, -0.2) is 4.68 Å². The minimum absolute atomic E-state index is 0.0113. The molecule has 1 heterocycles. The van der Waals surface area contributed by atoms with E-state index < -0.39 is 0 Å². The number of hydrogen-bond donors (Lipinski definition) is 1. The molecule has 6 heteroatoms. The third-order valence-electron chi connectivity index (χ3n) is 2.16. The van der Waals surface area contributed by atoms with Crippen molar-refractivity contribution in [2.75, 3.05) is 13.2 Å². The second kappa shape index (κ2) is 6.47. The first-order valence-electron chi connectivity index (χ1n) is 5.41. The Hall–Kier alpha value is -1.01. The summed E-state index contributed by atoms with van der Waals surface area (Å²) in [5.41, 5.74) is 5.45. The predicted molar refractivity (Wildman–Crippen MR) is 56.1 cm³/mol. The number of rotatable bonds is 7. The van der Waals surface area contributed by atoms with Crippen LogP contribution in [-0.2, 0) is 11.3 Å². The number of aryl methyl sites for hydroxylation is 1. The van der Waals surface area contributed by atoms with Crippen LogP contribution >= 0.6 is 0 Å². The lowest BCUT2D eigenvalue weighted by atomic mass is 10.2. The quantitative estimate of drug-likeness (QED) is 0.714. The Bertz CT molecular complexity index is 275. The monoisotopic (exact) mass is 213 g/mol. The molecule has 86 valence electrons. The maximum Gasteiger partial charge on any atom is 0.180 e. The van der Waals surface area contributed by atoms with E-state index in [0.717, 1.165) is 25.2 Å². The fraction of sp³-hybridized carbons (Fsp3) is 0.889. The van der Waals surface area contributed by atoms with Gasteiger partial charge in [0.15, 0.2) is 5.82 Å². The molecule has 0 saturated carbocycles. The molecule has 0 amide bonds. The Kier molecular flexibility index (Phi) is 5.20. The lowest BCUT2D eigenvalue weighted by molar-refractivity contribution is 0.0499. The van der Waals surface area contributed by atoms with Crippen molar-refractivity contribution < 1.29 is 4.74 Å². The zero-order valence-corrected chi connectivity index (χ0v) is 9.39. The zero-order chi connectivity index (χ0) is 11.1. The predicted octanol–water partition coefficient (Wildman–Crippen LogP) is 0.509. The maximum absolute atomic E-state index is 5.56. The molecule has 1 atom stereocenters. The highest BCUT2D eigenvalue weighted by Gasteiger charge is 2.16. The fourth-order valence-corrected chi connectivity index (χ4v) is 1.42. The summed E-state index contributed by atoms with van der Waals surface area (Å²) < 4.78 is 7.34. The molecule has 0 radical (unpaired) electrons. The third-order valence-corrected chi connectivity index (χ3v) is 2.16. The average Bonchev–Trinajstić information content (AvgIpc) is 2.71. The SMILES string of the molecule is CCOC(CC)c1nnnn1CCCN. The van der Waals surface area contributed by atoms with Gasteiger partial charge < -0.3 is 10.5 Å². The van der Waals surface area contributed by atoms with E-state index in [9.17, 15) is 0 Å². The van der Waals surface area contributed by atoms with Gasteiger partial charge in [-0.05, 0) is 36.7 Å². The van der Waals surface area contributed by atoms with Gasteiger partial charge in [0.1, 0.15) is 6.10 Å². The van der Waals surface area contributed by atoms with Crippen LogP contribution in [0.25, 0.3) is 0 Å². The van der Waals surface area contributed by atoms with E-state index in [0.29, 0.717) is 13.2 Å². The van der Waals surface area contributed by atoms with E-state index in [2.05, 4.69) is 22.4 Å². The third kappa shape index (κ3) is 3.24. The molecule has 0 aliphatic rings. The van der Waals surface area contributed by atoms with E-state index in [1.54, 1.807) is 4.68 Å². The number of ether oxygens (including phenoxy) is 1. The van der Waals surface area contributed by atoms with Crippen molar-refractivity contribution in [1.82, 2.24) is 20.2 Å². The zero-order valence-electron chi connectivity index (χ0n) is 9.39. The van der Waals surface area contributed by atoms with Crippen LogP contribution in [0.3, 0.4) is 0 Å². The summed E-state index contributed by atoms with van der Waals surface area (Å²) in [6.45, 7) is 6.09. The van der Waals surface area contributed by atoms with Gasteiger partial charge in [0.05, 0.1) is 0 Å². The lowest BCUT2D eigenvalue weighted by Gasteiger charge is -2.13. The normalized spacial score (nSPS) is 13.0. The molecule has 1 unspecified atom stereocenters. The summed E-state index contributed by atoms with van der Waals surface area (Å²) in [6, 6.07) is 0. The van der Waals surface area contributed by atoms with Crippen LogP contribution in [0, 0.1) is 0 Å². The van der Waals surface area contributed by atoms with E-state index in [4.69, 9.17) is 10.5 Å². The van der Waals surface area contributed by atoms with Crippen LogP contribution in [0.15, 0.2) is 0 Å². The molecular formula is C9H19N5O. The van der Waals surface area contributed by atoms with Crippen molar-refractivity contribution in [3.05, 3.63) is 5.82 Å². The highest BCUT2D eigenvalue weighted by Crippen LogP contribution is 2.17. The second-order valence-electron chi connectivity index (χ2n) is 3.25. The standard InChI is InChI=1S/C9H19N5O/c1-3-8(15-4-2)9-11-12-13-14(9)7-5-6-10/h8H,3-7,10H2,1-2H3. The topological polar surface area (TPSA) is 78.9 Å². The van der Waals surface area contributed by atoms with E-state index in [1.807, 2.05) is 6.92 Å². The van der Waals surface area contributed by atoms with Gasteiger partial charge in [0.25, 0.3) is 0 Å². The Morgan fingerprint density at radius 3 is 2.87 bits per heavy atom. The molecule has 2 N–H and O–H groups in total. The lowest BCUT2D eigenvalue weighted by Crippen LogP contribution is -2.14. The number of aromatic nitrogens is 4. The van der Waals surface area contributed by atoms with Crippen molar-refractivity contribution >= 4 is 0 Å². The summed E-state index contributed by atoms with van der Waals surface area (Å²) in [5, 5.41) is 11.6. The molecule has 0 fully saturated rings. The molecule has 0 bridgehead atoms. The molecule has 0 aliphatic heterocycles. The summed E-state index contributed by atoms with van der Waals surface area (Å²) in [5.74, 6) is 0.799. The molecule has 1 rings (SSSR count). The summed E-state index contributed by atoms with van der Waals surface area (Å²) in [6.07, 6.45) is 1.74. The molecule has 15 heavy (non-hydrogen) atoms. The van der Waals surface area contributed by atoms with Gasteiger partial charge in [-0.1, -0.05) is 6.92 Å². The Morgan fingerprint density at radius 1 is 1.47 bits per heavy atom. The minimum atomic E-state index is -0.0113. The smallest absolute Gasteiger partial charge is 0.180 e. The van der Waals surface area contributed by atoms with Gasteiger partial charge >= 0.3 is 0 Å². The summed E-state index contributed by atoms with van der Waals surface area (Å²) in [7, 11) is 0. The van der Waals surface area contributed by atoms with Crippen LogP contribution in [0.1, 0.15) is 38.6 Å². The number of hydrogen-bond acceptors (Lipinski definition) is 5. The number of tetrazole rings is 1. The molecule has 0 aromatic carbocycles. The average molecular weight is 213 g/mol. The van der Waals surface area contributed by atoms with Crippen molar-refractivity contribution in [2.45, 2.75) is 39.3 Å². The second-order valence-corrected chi connectivity index (χ2v) is 3.25. The van der Waals surface area contributed by atoms with Crippen molar-refractivity contribution in [3.63, 3.8) is 0 Å². The van der Waals surface area contributed by atoms with Crippen LogP contribution in [-0.4, -0.2) is 33.4 Å². The Labute approximate surface area is 89.8 Å².